The fourth-order valence-corrected chi connectivity index (χ4v) is 7.58. The van der Waals surface area contributed by atoms with Gasteiger partial charge in [0.05, 0.1) is 11.0 Å². The standard InChI is InChI=1S/C21H26F2O4S/c1-9-14(24)15(25)16-20(3,17(9)26)12-6-7-19(2)11(4-5-13(19)18(27)28)10(12)8-21(16,22)23/h10-13,24-25H,4-8H2,1-3H3,(H,27,28)/t10-,11-,12-,13+,19-,20+/m0/s1. The number of hydrogen-bond acceptors (Lipinski definition) is 4. The predicted octanol–water partition coefficient (Wildman–Crippen LogP) is 4.77. The van der Waals surface area contributed by atoms with E-state index in [-0.39, 0.29) is 33.9 Å². The number of carbonyl (C=O) groups is 2. The molecule has 0 aromatic rings. The fourth-order valence-electron chi connectivity index (χ4n) is 7.15. The molecule has 0 spiro atoms. The molecule has 0 aromatic carbocycles. The molecule has 0 radical (unpaired) electrons. The van der Waals surface area contributed by atoms with Crippen LogP contribution < -0.4 is 0 Å². The lowest BCUT2D eigenvalue weighted by Gasteiger charge is -2.58. The highest BCUT2D eigenvalue weighted by Gasteiger charge is 2.68. The minimum atomic E-state index is -3.40. The van der Waals surface area contributed by atoms with Crippen LogP contribution in [0.5, 0.6) is 0 Å². The summed E-state index contributed by atoms with van der Waals surface area (Å²) < 4.78 is 30.7. The van der Waals surface area contributed by atoms with Crippen LogP contribution >= 0.6 is 12.6 Å². The lowest BCUT2D eigenvalue weighted by atomic mass is 9.45. The molecule has 7 heteroatoms. The number of alkyl halides is 2. The highest BCUT2D eigenvalue weighted by Crippen LogP contribution is 2.69. The van der Waals surface area contributed by atoms with Crippen LogP contribution in [-0.2, 0) is 9.59 Å². The molecule has 4 aliphatic rings. The Bertz CT molecular complexity index is 847. The monoisotopic (exact) mass is 412 g/mol. The fraction of sp³-hybridized carbons (Fsp3) is 0.714. The molecule has 3 fully saturated rings. The minimum absolute atomic E-state index is 0.0663. The maximum absolute atomic E-state index is 15.3. The Hall–Kier alpha value is -1.37. The van der Waals surface area contributed by atoms with Gasteiger partial charge in [-0.15, -0.1) is 12.6 Å². The molecule has 0 aliphatic heterocycles. The van der Waals surface area contributed by atoms with Crippen LogP contribution in [0.2, 0.25) is 0 Å². The molecule has 0 bridgehead atoms. The second kappa shape index (κ2) is 5.83. The van der Waals surface area contributed by atoms with Gasteiger partial charge < -0.3 is 10.2 Å². The van der Waals surface area contributed by atoms with E-state index in [1.165, 1.54) is 13.8 Å². The summed E-state index contributed by atoms with van der Waals surface area (Å²) >= 11 is 4.04. The Balaban J connectivity index is 1.85. The van der Waals surface area contributed by atoms with Crippen molar-refractivity contribution in [1.29, 1.82) is 0 Å². The number of ketones is 1. The highest BCUT2D eigenvalue weighted by molar-refractivity contribution is 7.96. The number of halogens is 2. The Morgan fingerprint density at radius 1 is 1.11 bits per heavy atom. The van der Waals surface area contributed by atoms with Gasteiger partial charge in [-0.3, -0.25) is 9.59 Å². The predicted molar refractivity (Wildman–Crippen MR) is 102 cm³/mol. The molecule has 0 amide bonds. The van der Waals surface area contributed by atoms with Gasteiger partial charge in [0.2, 0.25) is 0 Å². The van der Waals surface area contributed by atoms with Crippen LogP contribution in [0.1, 0.15) is 52.9 Å². The molecule has 0 heterocycles. The third-order valence-corrected chi connectivity index (χ3v) is 8.79. The first-order chi connectivity index (χ1) is 12.9. The van der Waals surface area contributed by atoms with Gasteiger partial charge in [0.25, 0.3) is 5.92 Å². The summed E-state index contributed by atoms with van der Waals surface area (Å²) in [7, 11) is 0. The van der Waals surface area contributed by atoms with Crippen molar-refractivity contribution in [2.75, 3.05) is 0 Å². The van der Waals surface area contributed by atoms with Gasteiger partial charge in [0.1, 0.15) is 0 Å². The van der Waals surface area contributed by atoms with Gasteiger partial charge >= 0.3 is 0 Å². The number of rotatable bonds is 1. The number of thiol groups is 1. The van der Waals surface area contributed by atoms with E-state index in [2.05, 4.69) is 12.6 Å². The van der Waals surface area contributed by atoms with Gasteiger partial charge in [0.15, 0.2) is 22.4 Å². The zero-order valence-corrected chi connectivity index (χ0v) is 17.2. The van der Waals surface area contributed by atoms with Crippen molar-refractivity contribution < 1.29 is 28.6 Å². The molecule has 0 unspecified atom stereocenters. The molecule has 4 nitrogen and oxygen atoms in total. The number of hydrogen-bond donors (Lipinski definition) is 3. The molecule has 0 aromatic heterocycles. The van der Waals surface area contributed by atoms with Crippen LogP contribution in [0, 0.1) is 34.5 Å². The molecule has 4 rings (SSSR count). The van der Waals surface area contributed by atoms with Crippen LogP contribution in [0.3, 0.4) is 0 Å². The molecule has 3 saturated carbocycles. The minimum Gasteiger partial charge on any atom is -0.504 e. The summed E-state index contributed by atoms with van der Waals surface area (Å²) in [6, 6.07) is 0. The van der Waals surface area contributed by atoms with Crippen LogP contribution in [0.15, 0.2) is 22.7 Å². The van der Waals surface area contributed by atoms with Gasteiger partial charge in [-0.05, 0) is 62.7 Å². The lowest BCUT2D eigenvalue weighted by Crippen LogP contribution is -2.59. The van der Waals surface area contributed by atoms with Crippen molar-refractivity contribution in [3.63, 3.8) is 0 Å². The number of aliphatic hydroxyl groups excluding tert-OH is 2. The van der Waals surface area contributed by atoms with Gasteiger partial charge in [-0.1, -0.05) is 6.92 Å². The summed E-state index contributed by atoms with van der Waals surface area (Å²) in [5.41, 5.74) is -2.63. The van der Waals surface area contributed by atoms with E-state index in [1.807, 2.05) is 6.92 Å². The van der Waals surface area contributed by atoms with E-state index in [9.17, 15) is 19.8 Å². The summed E-state index contributed by atoms with van der Waals surface area (Å²) in [5, 5.41) is 20.3. The number of aliphatic hydroxyl groups is 2. The molecule has 2 N–H and O–H groups in total. The van der Waals surface area contributed by atoms with Crippen molar-refractivity contribution in [2.24, 2.45) is 34.5 Å². The number of allylic oxidation sites excluding steroid dienone is 2. The number of fused-ring (bicyclic) bond motifs is 5. The summed E-state index contributed by atoms with van der Waals surface area (Å²) in [6.07, 6.45) is 2.02. The van der Waals surface area contributed by atoms with Gasteiger partial charge in [-0.2, -0.15) is 0 Å². The smallest absolute Gasteiger partial charge is 0.274 e. The highest BCUT2D eigenvalue weighted by atomic mass is 32.1. The van der Waals surface area contributed by atoms with Crippen LogP contribution in [0.25, 0.3) is 0 Å². The zero-order valence-electron chi connectivity index (χ0n) is 16.3. The maximum atomic E-state index is 15.3. The molecule has 6 atom stereocenters. The first-order valence-corrected chi connectivity index (χ1v) is 10.3. The van der Waals surface area contributed by atoms with E-state index in [0.29, 0.717) is 25.7 Å². The topological polar surface area (TPSA) is 74.6 Å². The lowest BCUT2D eigenvalue weighted by molar-refractivity contribution is -0.153. The maximum Gasteiger partial charge on any atom is 0.274 e. The number of Topliss-reactive ketones (excluding diaryl/α,β-unsaturated/α-hetero) is 1. The SMILES string of the molecule is CC1=C(O)C(O)=C2C(F)(F)C[C@@H]3[C@H](CC[C@]4(C)[C@@H](C(=O)S)CC[C@@H]34)[C@@]2(C)C1=O. The van der Waals surface area contributed by atoms with Crippen molar-refractivity contribution in [3.05, 3.63) is 22.7 Å². The first kappa shape index (κ1) is 19.9. The van der Waals surface area contributed by atoms with E-state index in [1.54, 1.807) is 0 Å². The normalized spacial score (nSPS) is 44.9. The van der Waals surface area contributed by atoms with E-state index in [0.717, 1.165) is 0 Å². The molecule has 0 saturated heterocycles. The molecule has 28 heavy (non-hydrogen) atoms. The Kier molecular flexibility index (Phi) is 4.15. The second-order valence-electron chi connectivity index (χ2n) is 9.53. The summed E-state index contributed by atoms with van der Waals surface area (Å²) in [5.74, 6) is -6.63. The third kappa shape index (κ3) is 2.22. The average molecular weight is 412 g/mol. The number of carbonyl (C=O) groups excluding carboxylic acids is 2. The van der Waals surface area contributed by atoms with Crippen LogP contribution in [0.4, 0.5) is 8.78 Å². The molecular formula is C21H26F2O4S. The third-order valence-electron chi connectivity index (χ3n) is 8.48. The average Bonchev–Trinajstić information content (AvgIpc) is 2.95. The largest absolute Gasteiger partial charge is 0.504 e. The molecular weight excluding hydrogens is 386 g/mol. The Morgan fingerprint density at radius 3 is 2.36 bits per heavy atom. The van der Waals surface area contributed by atoms with E-state index < -0.39 is 46.6 Å². The van der Waals surface area contributed by atoms with Crippen LogP contribution in [-0.4, -0.2) is 27.0 Å². The van der Waals surface area contributed by atoms with Crippen molar-refractivity contribution in [1.82, 2.24) is 0 Å². The second-order valence-corrected chi connectivity index (χ2v) is 9.97. The molecule has 4 aliphatic carbocycles. The quantitative estimate of drug-likeness (QED) is 0.542. The Morgan fingerprint density at radius 2 is 1.75 bits per heavy atom. The van der Waals surface area contributed by atoms with Crippen molar-refractivity contribution >= 4 is 23.5 Å². The van der Waals surface area contributed by atoms with Crippen molar-refractivity contribution in [2.45, 2.75) is 58.8 Å². The summed E-state index contributed by atoms with van der Waals surface area (Å²) in [4.78, 5) is 25.2. The van der Waals surface area contributed by atoms with Gasteiger partial charge in [-0.25, -0.2) is 8.78 Å². The van der Waals surface area contributed by atoms with E-state index in [4.69, 9.17) is 0 Å². The molecule has 154 valence electrons. The van der Waals surface area contributed by atoms with Gasteiger partial charge in [0, 0.05) is 17.9 Å². The zero-order chi connectivity index (χ0) is 20.8. The Labute approximate surface area is 168 Å². The summed E-state index contributed by atoms with van der Waals surface area (Å²) in [6.45, 7) is 4.87. The van der Waals surface area contributed by atoms with E-state index >= 15 is 8.78 Å². The van der Waals surface area contributed by atoms with Crippen molar-refractivity contribution in [3.8, 4) is 0 Å². The first-order valence-electron chi connectivity index (χ1n) is 9.87.